The summed E-state index contributed by atoms with van der Waals surface area (Å²) in [6, 6.07) is 6.43. The summed E-state index contributed by atoms with van der Waals surface area (Å²) >= 11 is 1.75. The molecule has 1 heterocycles. The van der Waals surface area contributed by atoms with E-state index < -0.39 is 0 Å². The van der Waals surface area contributed by atoms with Gasteiger partial charge in [-0.15, -0.1) is 0 Å². The summed E-state index contributed by atoms with van der Waals surface area (Å²) in [5, 5.41) is 6.45. The van der Waals surface area contributed by atoms with Crippen molar-refractivity contribution in [3.8, 4) is 0 Å². The Morgan fingerprint density at radius 2 is 1.88 bits per heavy atom. The third kappa shape index (κ3) is 4.79. The first-order valence-electron chi connectivity index (χ1n) is 5.76. The first-order valence-corrected chi connectivity index (χ1v) is 7.39. The quantitative estimate of drug-likeness (QED) is 0.782. The lowest BCUT2D eigenvalue weighted by atomic mass is 10.1. The molecule has 0 aromatic heterocycles. The molecular weight excluding hydrogens is 216 g/mol. The third-order valence-corrected chi connectivity index (χ3v) is 2.10. The van der Waals surface area contributed by atoms with E-state index in [0.717, 1.165) is 13.0 Å². The van der Waals surface area contributed by atoms with Crippen molar-refractivity contribution >= 4 is 23.1 Å². The Hall–Kier alpha value is -0.830. The second-order valence-corrected chi connectivity index (χ2v) is 4.02. The molecule has 2 N–H and O–H groups in total. The molecule has 3 heteroatoms. The Labute approximate surface area is 104 Å². The second-order valence-electron chi connectivity index (χ2n) is 3.21. The van der Waals surface area contributed by atoms with Crippen molar-refractivity contribution in [1.29, 1.82) is 0 Å². The van der Waals surface area contributed by atoms with Gasteiger partial charge in [0.05, 0.1) is 0 Å². The van der Waals surface area contributed by atoms with E-state index in [1.54, 1.807) is 11.8 Å². The van der Waals surface area contributed by atoms with Crippen LogP contribution in [0.2, 0.25) is 0 Å². The maximum Gasteiger partial charge on any atom is 0.0375 e. The molecule has 1 aromatic rings. The molecule has 92 valence electrons. The van der Waals surface area contributed by atoms with Gasteiger partial charge in [-0.2, -0.15) is 11.8 Å². The normalized spacial score (nSPS) is 11.1. The minimum absolute atomic E-state index is 1.09. The van der Waals surface area contributed by atoms with Crippen LogP contribution in [0.15, 0.2) is 18.2 Å². The molecule has 0 unspecified atom stereocenters. The number of anilines is 2. The molecule has 0 aliphatic carbocycles. The van der Waals surface area contributed by atoms with Gasteiger partial charge in [0.2, 0.25) is 0 Å². The van der Waals surface area contributed by atoms with Gasteiger partial charge in [-0.05, 0) is 42.7 Å². The Morgan fingerprint density at radius 3 is 2.44 bits per heavy atom. The zero-order valence-electron chi connectivity index (χ0n) is 11.1. The van der Waals surface area contributed by atoms with Crippen molar-refractivity contribution in [2.24, 2.45) is 0 Å². The van der Waals surface area contributed by atoms with Crippen LogP contribution in [-0.2, 0) is 6.42 Å². The van der Waals surface area contributed by atoms with Crippen LogP contribution in [-0.4, -0.2) is 26.1 Å². The third-order valence-electron chi connectivity index (χ3n) is 2.10. The molecule has 0 atom stereocenters. The fraction of sp³-hybridized carbons (Fsp3) is 0.538. The molecule has 2 nitrogen and oxygen atoms in total. The zero-order chi connectivity index (χ0) is 12.4. The summed E-state index contributed by atoms with van der Waals surface area (Å²) in [6.45, 7) is 5.09. The lowest BCUT2D eigenvalue weighted by molar-refractivity contribution is 1.11. The molecule has 0 saturated heterocycles. The van der Waals surface area contributed by atoms with Crippen LogP contribution in [0.1, 0.15) is 19.4 Å². The number of fused-ring (bicyclic) bond motifs is 1. The smallest absolute Gasteiger partial charge is 0.0375 e. The largest absolute Gasteiger partial charge is 0.388 e. The van der Waals surface area contributed by atoms with Crippen molar-refractivity contribution < 1.29 is 0 Å². The van der Waals surface area contributed by atoms with Gasteiger partial charge in [-0.25, -0.2) is 0 Å². The maximum absolute atomic E-state index is 3.32. The molecule has 0 amide bonds. The highest BCUT2D eigenvalue weighted by Gasteiger charge is 2.08. The van der Waals surface area contributed by atoms with Gasteiger partial charge in [0.15, 0.2) is 0 Å². The molecule has 0 spiro atoms. The van der Waals surface area contributed by atoms with Crippen LogP contribution in [0.4, 0.5) is 11.4 Å². The van der Waals surface area contributed by atoms with E-state index in [0.29, 0.717) is 0 Å². The molecule has 0 bridgehead atoms. The van der Waals surface area contributed by atoms with E-state index in [1.807, 2.05) is 33.4 Å². The number of hydrogen-bond donors (Lipinski definition) is 2. The second kappa shape index (κ2) is 9.40. The molecule has 1 aromatic carbocycles. The predicted molar refractivity (Wildman–Crippen MR) is 79.0 cm³/mol. The van der Waals surface area contributed by atoms with Gasteiger partial charge in [0.1, 0.15) is 0 Å². The molecular formula is C13H24N2S. The summed E-state index contributed by atoms with van der Waals surface area (Å²) in [7, 11) is 1.95. The standard InChI is InChI=1S/C9H12N2.C2H6S.C2H6/c1-10-8-2-3-9-7(6-8)4-5-11-9;1-3-2;1-2/h2-3,6,10-11H,4-5H2,1H3;1-2H3;1-2H3. The van der Waals surface area contributed by atoms with Gasteiger partial charge in [-0.1, -0.05) is 13.8 Å². The fourth-order valence-electron chi connectivity index (χ4n) is 1.46. The highest BCUT2D eigenvalue weighted by Crippen LogP contribution is 2.24. The number of rotatable bonds is 1. The predicted octanol–water partition coefficient (Wildman–Crippen LogP) is 3.70. The fourth-order valence-corrected chi connectivity index (χ4v) is 1.46. The molecule has 2 rings (SSSR count). The van der Waals surface area contributed by atoms with Crippen molar-refractivity contribution in [1.82, 2.24) is 0 Å². The van der Waals surface area contributed by atoms with E-state index in [4.69, 9.17) is 0 Å². The van der Waals surface area contributed by atoms with Crippen molar-refractivity contribution in [3.05, 3.63) is 23.8 Å². The number of thioether (sulfide) groups is 1. The minimum Gasteiger partial charge on any atom is -0.388 e. The first kappa shape index (κ1) is 15.2. The number of hydrogen-bond acceptors (Lipinski definition) is 3. The lowest BCUT2D eigenvalue weighted by Gasteiger charge is -2.02. The Balaban J connectivity index is 0.000000394. The van der Waals surface area contributed by atoms with E-state index in [9.17, 15) is 0 Å². The van der Waals surface area contributed by atoms with Crippen LogP contribution in [0.3, 0.4) is 0 Å². The van der Waals surface area contributed by atoms with E-state index in [-0.39, 0.29) is 0 Å². The van der Waals surface area contributed by atoms with Crippen LogP contribution in [0.5, 0.6) is 0 Å². The van der Waals surface area contributed by atoms with E-state index in [1.165, 1.54) is 16.9 Å². The first-order chi connectivity index (χ1) is 7.81. The summed E-state index contributed by atoms with van der Waals surface area (Å²) in [5.41, 5.74) is 3.92. The van der Waals surface area contributed by atoms with Gasteiger partial charge < -0.3 is 10.6 Å². The average molecular weight is 240 g/mol. The number of benzene rings is 1. The van der Waals surface area contributed by atoms with Crippen LogP contribution in [0.25, 0.3) is 0 Å². The van der Waals surface area contributed by atoms with E-state index in [2.05, 4.69) is 28.8 Å². The molecule has 0 radical (unpaired) electrons. The Kier molecular flexibility index (Phi) is 8.91. The molecule has 16 heavy (non-hydrogen) atoms. The van der Waals surface area contributed by atoms with Crippen LogP contribution < -0.4 is 10.6 Å². The molecule has 1 aliphatic heterocycles. The van der Waals surface area contributed by atoms with Gasteiger partial charge in [-0.3, -0.25) is 0 Å². The summed E-state index contributed by atoms with van der Waals surface area (Å²) in [6.07, 6.45) is 5.24. The summed E-state index contributed by atoms with van der Waals surface area (Å²) in [4.78, 5) is 0. The Morgan fingerprint density at radius 1 is 1.25 bits per heavy atom. The number of nitrogens with one attached hydrogen (secondary N) is 2. The lowest BCUT2D eigenvalue weighted by Crippen LogP contribution is -1.90. The summed E-state index contributed by atoms with van der Waals surface area (Å²) < 4.78 is 0. The summed E-state index contributed by atoms with van der Waals surface area (Å²) in [5.74, 6) is 0. The van der Waals surface area contributed by atoms with Crippen LogP contribution >= 0.6 is 11.8 Å². The van der Waals surface area contributed by atoms with Crippen molar-refractivity contribution in [3.63, 3.8) is 0 Å². The highest BCUT2D eigenvalue weighted by molar-refractivity contribution is 7.97. The zero-order valence-corrected chi connectivity index (χ0v) is 11.9. The van der Waals surface area contributed by atoms with Crippen molar-refractivity contribution in [2.45, 2.75) is 20.3 Å². The maximum atomic E-state index is 3.32. The van der Waals surface area contributed by atoms with Crippen LogP contribution in [0, 0.1) is 0 Å². The minimum atomic E-state index is 1.09. The molecule has 0 saturated carbocycles. The SMILES string of the molecule is CC.CNc1ccc2c(c1)CCN2.CSC. The Bertz CT molecular complexity index is 287. The van der Waals surface area contributed by atoms with Crippen molar-refractivity contribution in [2.75, 3.05) is 36.7 Å². The van der Waals surface area contributed by atoms with Gasteiger partial charge in [0, 0.05) is 25.0 Å². The molecule has 0 fully saturated rings. The topological polar surface area (TPSA) is 24.1 Å². The van der Waals surface area contributed by atoms with Gasteiger partial charge in [0.25, 0.3) is 0 Å². The monoisotopic (exact) mass is 240 g/mol. The molecule has 1 aliphatic rings. The van der Waals surface area contributed by atoms with E-state index >= 15 is 0 Å². The average Bonchev–Trinajstić information content (AvgIpc) is 2.79. The van der Waals surface area contributed by atoms with Gasteiger partial charge >= 0.3 is 0 Å². The highest BCUT2D eigenvalue weighted by atomic mass is 32.2.